The second-order valence-corrected chi connectivity index (χ2v) is 7.89. The number of piperidine rings is 1. The fourth-order valence-corrected chi connectivity index (χ4v) is 4.34. The van der Waals surface area contributed by atoms with E-state index >= 15 is 4.39 Å². The second-order valence-electron chi connectivity index (χ2n) is 7.89. The molecule has 1 saturated heterocycles. The fraction of sp³-hybridized carbons (Fsp3) is 0.409. The molecule has 0 spiro atoms. The number of alkyl halides is 1. The summed E-state index contributed by atoms with van der Waals surface area (Å²) in [7, 11) is 1.33. The Morgan fingerprint density at radius 1 is 1.41 bits per heavy atom. The molecule has 32 heavy (non-hydrogen) atoms. The number of aromatic carboxylic acids is 1. The lowest BCUT2D eigenvalue weighted by molar-refractivity contribution is 0.0694. The number of rotatable bonds is 5. The monoisotopic (exact) mass is 444 g/mol. The van der Waals surface area contributed by atoms with Gasteiger partial charge in [0.05, 0.1) is 30.6 Å². The van der Waals surface area contributed by atoms with Crippen LogP contribution in [0.5, 0.6) is 5.75 Å². The summed E-state index contributed by atoms with van der Waals surface area (Å²) in [6.07, 6.45) is 1.14. The maximum absolute atomic E-state index is 15.3. The Bertz CT molecular complexity index is 1240. The van der Waals surface area contributed by atoms with Gasteiger partial charge in [-0.05, 0) is 18.9 Å². The fourth-order valence-electron chi connectivity index (χ4n) is 4.34. The highest BCUT2D eigenvalue weighted by atomic mass is 19.1. The number of ether oxygens (including phenoxy) is 1. The predicted molar refractivity (Wildman–Crippen MR) is 114 cm³/mol. The molecule has 1 aliphatic heterocycles. The normalized spacial score (nSPS) is 20.2. The van der Waals surface area contributed by atoms with Gasteiger partial charge in [0.2, 0.25) is 5.43 Å². The van der Waals surface area contributed by atoms with Gasteiger partial charge in [0.25, 0.3) is 0 Å². The Morgan fingerprint density at radius 3 is 2.56 bits per heavy atom. The highest BCUT2D eigenvalue weighted by Crippen LogP contribution is 2.45. The minimum absolute atomic E-state index is 0.0600. The van der Waals surface area contributed by atoms with Crippen LogP contribution < -0.4 is 20.8 Å². The molecule has 3 N–H and O–H groups in total. The Labute approximate surface area is 182 Å². The number of nitrogens with zero attached hydrogens (tertiary/aromatic N) is 3. The third-order valence-corrected chi connectivity index (χ3v) is 6.09. The van der Waals surface area contributed by atoms with Crippen molar-refractivity contribution < 1.29 is 23.4 Å². The summed E-state index contributed by atoms with van der Waals surface area (Å²) in [5.41, 5.74) is 5.97. The average molecular weight is 444 g/mol. The smallest absolute Gasteiger partial charge is 0.341 e. The van der Waals surface area contributed by atoms with Crippen LogP contribution in [0.3, 0.4) is 0 Å². The zero-order valence-electron chi connectivity index (χ0n) is 17.4. The van der Waals surface area contributed by atoms with Crippen molar-refractivity contribution in [3.8, 4) is 5.75 Å². The summed E-state index contributed by atoms with van der Waals surface area (Å²) in [4.78, 5) is 29.5. The van der Waals surface area contributed by atoms with Crippen molar-refractivity contribution in [1.29, 1.82) is 0 Å². The number of halogens is 2. The molecular formula is C22H22F2N4O4. The third kappa shape index (κ3) is 3.48. The number of carboxylic acids is 1. The van der Waals surface area contributed by atoms with E-state index in [1.165, 1.54) is 11.7 Å². The highest BCUT2D eigenvalue weighted by Gasteiger charge is 2.41. The summed E-state index contributed by atoms with van der Waals surface area (Å²) in [5, 5.41) is 9.24. The molecule has 2 atom stereocenters. The van der Waals surface area contributed by atoms with Crippen molar-refractivity contribution in [2.24, 2.45) is 5.73 Å². The van der Waals surface area contributed by atoms with Crippen LogP contribution in [0.15, 0.2) is 28.3 Å². The van der Waals surface area contributed by atoms with E-state index in [-0.39, 0.29) is 35.3 Å². The van der Waals surface area contributed by atoms with Crippen molar-refractivity contribution in [2.45, 2.75) is 31.5 Å². The van der Waals surface area contributed by atoms with Gasteiger partial charge in [-0.3, -0.25) is 4.79 Å². The summed E-state index contributed by atoms with van der Waals surface area (Å²) >= 11 is 0. The Kier molecular flexibility index (Phi) is 5.60. The number of aromatic nitrogens is 1. The van der Waals surface area contributed by atoms with Gasteiger partial charge in [0.1, 0.15) is 17.4 Å². The zero-order valence-corrected chi connectivity index (χ0v) is 17.4. The van der Waals surface area contributed by atoms with E-state index in [9.17, 15) is 19.1 Å². The first kappa shape index (κ1) is 21.8. The molecule has 0 amide bonds. The molecule has 1 unspecified atom stereocenters. The Morgan fingerprint density at radius 2 is 2.06 bits per heavy atom. The number of hydrogen-bond donors (Lipinski definition) is 2. The molecule has 0 bridgehead atoms. The molecule has 2 aliphatic rings. The van der Waals surface area contributed by atoms with Crippen molar-refractivity contribution in [2.75, 3.05) is 31.6 Å². The van der Waals surface area contributed by atoms with Gasteiger partial charge in [-0.2, -0.15) is 0 Å². The van der Waals surface area contributed by atoms with E-state index in [1.807, 2.05) is 0 Å². The molecule has 1 aromatic heterocycles. The molecule has 8 nitrogen and oxygen atoms in total. The molecule has 2 heterocycles. The van der Waals surface area contributed by atoms with E-state index in [2.05, 4.69) is 4.85 Å². The van der Waals surface area contributed by atoms with E-state index in [1.54, 1.807) is 4.90 Å². The van der Waals surface area contributed by atoms with Gasteiger partial charge in [0, 0.05) is 32.3 Å². The van der Waals surface area contributed by atoms with E-state index in [0.29, 0.717) is 31.6 Å². The maximum Gasteiger partial charge on any atom is 0.341 e. The third-order valence-electron chi connectivity index (χ3n) is 6.09. The molecule has 1 aromatic carbocycles. The van der Waals surface area contributed by atoms with Gasteiger partial charge < -0.3 is 25.0 Å². The molecular weight excluding hydrogens is 422 g/mol. The van der Waals surface area contributed by atoms with Crippen molar-refractivity contribution in [3.63, 3.8) is 0 Å². The molecule has 168 valence electrons. The summed E-state index contributed by atoms with van der Waals surface area (Å²) in [6, 6.07) is 0.356. The van der Waals surface area contributed by atoms with E-state index < -0.39 is 35.0 Å². The number of anilines is 1. The molecule has 4 rings (SSSR count). The number of carbonyl (C=O) groups is 1. The lowest BCUT2D eigenvalue weighted by atomic mass is 10.00. The van der Waals surface area contributed by atoms with Crippen molar-refractivity contribution in [3.05, 3.63) is 56.6 Å². The topological polar surface area (TPSA) is 102 Å². The number of fused-ring (bicyclic) bond motifs is 1. The van der Waals surface area contributed by atoms with Crippen LogP contribution in [0.1, 0.15) is 35.7 Å². The number of pyridine rings is 1. The number of benzene rings is 1. The number of carboxylic acid groups (broad SMARTS) is 1. The number of hydrogen-bond acceptors (Lipinski definition) is 5. The van der Waals surface area contributed by atoms with Crippen LogP contribution in [-0.2, 0) is 0 Å². The lowest BCUT2D eigenvalue weighted by Crippen LogP contribution is -2.32. The highest BCUT2D eigenvalue weighted by molar-refractivity contribution is 5.97. The van der Waals surface area contributed by atoms with Crippen LogP contribution in [0.4, 0.5) is 14.5 Å². The summed E-state index contributed by atoms with van der Waals surface area (Å²) in [5.74, 6) is -2.13. The average Bonchev–Trinajstić information content (AvgIpc) is 3.51. The van der Waals surface area contributed by atoms with Gasteiger partial charge in [-0.25, -0.2) is 18.4 Å². The minimum Gasteiger partial charge on any atom is -0.492 e. The first-order chi connectivity index (χ1) is 15.3. The van der Waals surface area contributed by atoms with Gasteiger partial charge in [-0.15, -0.1) is 0 Å². The predicted octanol–water partition coefficient (Wildman–Crippen LogP) is 2.86. The first-order valence-electron chi connectivity index (χ1n) is 10.2. The molecule has 2 aromatic rings. The summed E-state index contributed by atoms with van der Waals surface area (Å²) in [6.45, 7) is 8.20. The first-order valence-corrected chi connectivity index (χ1v) is 10.2. The van der Waals surface area contributed by atoms with Crippen LogP contribution in [0, 0.1) is 12.4 Å². The van der Waals surface area contributed by atoms with Gasteiger partial charge >= 0.3 is 5.97 Å². The molecule has 1 saturated carbocycles. The van der Waals surface area contributed by atoms with E-state index in [4.69, 9.17) is 17.0 Å². The standard InChI is InChI=1S/C22H22F2N4O4/c1-26-16(9-25)11-3-5-27(6-4-11)19-15(24)7-12-18(21(19)32-2)28(17-8-14(17)23)10-13(20(12)29)22(30)31/h7,10,14,17H,3-6,8-9,25H2,2H3,(H,30,31)/t14-,17?/m0/s1. The molecule has 2 fully saturated rings. The summed E-state index contributed by atoms with van der Waals surface area (Å²) < 4.78 is 36.2. The van der Waals surface area contributed by atoms with Crippen molar-refractivity contribution >= 4 is 22.6 Å². The largest absolute Gasteiger partial charge is 0.492 e. The number of nitrogens with two attached hydrogens (primary N) is 1. The van der Waals surface area contributed by atoms with Crippen molar-refractivity contribution in [1.82, 2.24) is 4.57 Å². The Hall–Kier alpha value is -3.45. The van der Waals surface area contributed by atoms with Gasteiger partial charge in [0.15, 0.2) is 17.3 Å². The quantitative estimate of drug-likeness (QED) is 0.688. The van der Waals surface area contributed by atoms with Crippen LogP contribution in [-0.4, -0.2) is 48.6 Å². The Balaban J connectivity index is 1.89. The van der Waals surface area contributed by atoms with E-state index in [0.717, 1.165) is 17.8 Å². The SMILES string of the molecule is [C-]#[N+]C(CN)=C1CCN(c2c(F)cc3c(=O)c(C(=O)O)cn(C4C[C@@H]4F)c3c2OC)CC1. The van der Waals surface area contributed by atoms with Gasteiger partial charge in [-0.1, -0.05) is 5.57 Å². The van der Waals surface area contributed by atoms with Crippen LogP contribution >= 0.6 is 0 Å². The molecule has 0 radical (unpaired) electrons. The molecule has 10 heteroatoms. The minimum atomic E-state index is -1.46. The maximum atomic E-state index is 15.3. The lowest BCUT2D eigenvalue weighted by Gasteiger charge is -2.33. The molecule has 1 aliphatic carbocycles. The van der Waals surface area contributed by atoms with Crippen LogP contribution in [0.25, 0.3) is 15.7 Å². The second kappa shape index (κ2) is 8.24. The number of methoxy groups -OCH3 is 1. The van der Waals surface area contributed by atoms with Crippen LogP contribution in [0.2, 0.25) is 0 Å². The zero-order chi connectivity index (χ0) is 23.2.